The van der Waals surface area contributed by atoms with Crippen molar-refractivity contribution in [3.05, 3.63) is 29.8 Å². The Morgan fingerprint density at radius 1 is 1.24 bits per heavy atom. The zero-order valence-electron chi connectivity index (χ0n) is 12.3. The molecule has 0 saturated heterocycles. The van der Waals surface area contributed by atoms with Crippen LogP contribution in [0, 0.1) is 0 Å². The summed E-state index contributed by atoms with van der Waals surface area (Å²) < 4.78 is 4.25. The second kappa shape index (κ2) is 8.93. The molecule has 1 rings (SSSR count). The molecule has 7 heteroatoms. The van der Waals surface area contributed by atoms with Crippen molar-refractivity contribution in [2.75, 3.05) is 20.8 Å². The van der Waals surface area contributed by atoms with Crippen molar-refractivity contribution < 1.29 is 29.6 Å². The fourth-order valence-corrected chi connectivity index (χ4v) is 1.64. The zero-order chi connectivity index (χ0) is 16.5. The summed E-state index contributed by atoms with van der Waals surface area (Å²) in [6.45, 7) is 0.465. The van der Waals surface area contributed by atoms with E-state index in [1.165, 1.54) is 31.2 Å². The van der Waals surface area contributed by atoms with Gasteiger partial charge >= 0.3 is 5.97 Å². The maximum atomic E-state index is 11.2. The van der Waals surface area contributed by atoms with Crippen LogP contribution in [0.4, 0.5) is 0 Å². The predicted molar refractivity (Wildman–Crippen MR) is 76.0 cm³/mol. The summed E-state index contributed by atoms with van der Waals surface area (Å²) >= 11 is 0. The van der Waals surface area contributed by atoms with Gasteiger partial charge in [-0.1, -0.05) is 12.1 Å². The minimum atomic E-state index is -1.75. The molecule has 1 aromatic carbocycles. The molecule has 0 aliphatic carbocycles. The molecule has 0 bridgehead atoms. The number of aromatic hydroxyl groups is 1. The van der Waals surface area contributed by atoms with E-state index in [-0.39, 0.29) is 12.2 Å². The summed E-state index contributed by atoms with van der Waals surface area (Å²) in [4.78, 5) is 22.3. The smallest absolute Gasteiger partial charge is 0.332 e. The van der Waals surface area contributed by atoms with Gasteiger partial charge in [-0.25, -0.2) is 4.79 Å². The van der Waals surface area contributed by atoms with Crippen molar-refractivity contribution in [2.45, 2.75) is 18.9 Å². The van der Waals surface area contributed by atoms with E-state index in [1.807, 2.05) is 0 Å². The number of carbonyl (C=O) groups is 2. The minimum Gasteiger partial charge on any atom is -0.508 e. The van der Waals surface area contributed by atoms with Crippen LogP contribution in [0.15, 0.2) is 24.3 Å². The molecule has 0 aliphatic heterocycles. The van der Waals surface area contributed by atoms with Crippen LogP contribution in [0.1, 0.15) is 12.5 Å². The van der Waals surface area contributed by atoms with E-state index in [2.05, 4.69) is 10.1 Å². The molecule has 0 saturated carbocycles. The van der Waals surface area contributed by atoms with E-state index in [9.17, 15) is 14.7 Å². The third-order valence-electron chi connectivity index (χ3n) is 2.54. The molecule has 0 fully saturated rings. The standard InChI is InChI=1S/C12H15NO5.C2H6O/c1-8(15)13-12(7-14,11(17)18)6-9-2-4-10(16)5-3-9;1-3-2/h2-5,14,16H,6-7H2,1H3,(H,13,15)(H,17,18);1-2H3/t12-;/m0./s1. The highest BCUT2D eigenvalue weighted by molar-refractivity contribution is 5.86. The summed E-state index contributed by atoms with van der Waals surface area (Å²) in [5, 5.41) is 29.8. The highest BCUT2D eigenvalue weighted by Gasteiger charge is 2.39. The largest absolute Gasteiger partial charge is 0.508 e. The Morgan fingerprint density at radius 2 is 1.71 bits per heavy atom. The molecular formula is C14H21NO6. The number of nitrogens with one attached hydrogen (secondary N) is 1. The highest BCUT2D eigenvalue weighted by atomic mass is 16.4. The molecular weight excluding hydrogens is 278 g/mol. The van der Waals surface area contributed by atoms with Gasteiger partial charge in [0, 0.05) is 27.6 Å². The molecule has 0 aliphatic rings. The number of rotatable bonds is 5. The lowest BCUT2D eigenvalue weighted by molar-refractivity contribution is -0.149. The maximum absolute atomic E-state index is 11.2. The van der Waals surface area contributed by atoms with Crippen LogP contribution in [0.2, 0.25) is 0 Å². The summed E-state index contributed by atoms with van der Waals surface area (Å²) in [5.74, 6) is -1.79. The first kappa shape index (κ1) is 18.9. The van der Waals surface area contributed by atoms with Crippen LogP contribution in [-0.4, -0.2) is 53.6 Å². The minimum absolute atomic E-state index is 0.0585. The average molecular weight is 299 g/mol. The maximum Gasteiger partial charge on any atom is 0.332 e. The van der Waals surface area contributed by atoms with Crippen LogP contribution in [0.25, 0.3) is 0 Å². The first-order valence-electron chi connectivity index (χ1n) is 6.12. The third-order valence-corrected chi connectivity index (χ3v) is 2.54. The number of amides is 1. The first-order chi connectivity index (χ1) is 9.81. The molecule has 0 spiro atoms. The lowest BCUT2D eigenvalue weighted by Crippen LogP contribution is -2.58. The van der Waals surface area contributed by atoms with Gasteiger partial charge in [-0.05, 0) is 17.7 Å². The second-order valence-corrected chi connectivity index (χ2v) is 4.48. The van der Waals surface area contributed by atoms with E-state index >= 15 is 0 Å². The van der Waals surface area contributed by atoms with E-state index < -0.39 is 24.0 Å². The monoisotopic (exact) mass is 299 g/mol. The molecule has 118 valence electrons. The van der Waals surface area contributed by atoms with Gasteiger partial charge < -0.3 is 25.4 Å². The van der Waals surface area contributed by atoms with Gasteiger partial charge in [0.05, 0.1) is 6.61 Å². The molecule has 0 heterocycles. The van der Waals surface area contributed by atoms with Crippen molar-refractivity contribution in [3.63, 3.8) is 0 Å². The Morgan fingerprint density at radius 3 is 2.05 bits per heavy atom. The van der Waals surface area contributed by atoms with Crippen LogP contribution in [0.3, 0.4) is 0 Å². The second-order valence-electron chi connectivity index (χ2n) is 4.48. The highest BCUT2D eigenvalue weighted by Crippen LogP contribution is 2.17. The fraction of sp³-hybridized carbons (Fsp3) is 0.429. The number of phenolic OH excluding ortho intramolecular Hbond substituents is 1. The third kappa shape index (κ3) is 6.24. The van der Waals surface area contributed by atoms with Crippen molar-refractivity contribution >= 4 is 11.9 Å². The van der Waals surface area contributed by atoms with E-state index in [1.54, 1.807) is 14.2 Å². The molecule has 0 radical (unpaired) electrons. The van der Waals surface area contributed by atoms with Gasteiger partial charge in [-0.15, -0.1) is 0 Å². The lowest BCUT2D eigenvalue weighted by atomic mass is 9.91. The number of aliphatic hydroxyl groups excluding tert-OH is 1. The number of aliphatic carboxylic acids is 1. The summed E-state index contributed by atoms with van der Waals surface area (Å²) in [7, 11) is 3.25. The van der Waals surface area contributed by atoms with E-state index in [4.69, 9.17) is 10.2 Å². The molecule has 0 unspecified atom stereocenters. The van der Waals surface area contributed by atoms with Crippen LogP contribution < -0.4 is 5.32 Å². The number of benzene rings is 1. The quantitative estimate of drug-likeness (QED) is 0.615. The number of phenols is 1. The molecule has 21 heavy (non-hydrogen) atoms. The summed E-state index contributed by atoms with van der Waals surface area (Å²) in [6.07, 6.45) is -0.0707. The summed E-state index contributed by atoms with van der Waals surface area (Å²) in [5.41, 5.74) is -1.17. The number of carboxylic acids is 1. The Balaban J connectivity index is 0.00000122. The molecule has 1 amide bonds. The van der Waals surface area contributed by atoms with Crippen molar-refractivity contribution in [1.82, 2.24) is 5.32 Å². The topological polar surface area (TPSA) is 116 Å². The molecule has 1 atom stereocenters. The number of hydrogen-bond donors (Lipinski definition) is 4. The van der Waals surface area contributed by atoms with E-state index in [0.29, 0.717) is 5.56 Å². The predicted octanol–water partition coefficient (Wildman–Crippen LogP) is 0.149. The number of carboxylic acid groups (broad SMARTS) is 1. The SMILES string of the molecule is CC(=O)N[C@](CO)(Cc1ccc(O)cc1)C(=O)O.COC. The first-order valence-corrected chi connectivity index (χ1v) is 6.12. The molecule has 4 N–H and O–H groups in total. The van der Waals surface area contributed by atoms with E-state index in [0.717, 1.165) is 0 Å². The lowest BCUT2D eigenvalue weighted by Gasteiger charge is -2.28. The van der Waals surface area contributed by atoms with Crippen molar-refractivity contribution in [1.29, 1.82) is 0 Å². The van der Waals surface area contributed by atoms with Gasteiger partial charge in [0.2, 0.25) is 5.91 Å². The Bertz CT molecular complexity index is 459. The van der Waals surface area contributed by atoms with Crippen LogP contribution >= 0.6 is 0 Å². The number of carbonyl (C=O) groups excluding carboxylic acids is 1. The van der Waals surface area contributed by atoms with Gasteiger partial charge in [-0.3, -0.25) is 4.79 Å². The molecule has 7 nitrogen and oxygen atoms in total. The number of ether oxygens (including phenoxy) is 1. The normalized spacial score (nSPS) is 12.6. The van der Waals surface area contributed by atoms with Gasteiger partial charge in [-0.2, -0.15) is 0 Å². The number of methoxy groups -OCH3 is 1. The van der Waals surface area contributed by atoms with Gasteiger partial charge in [0.25, 0.3) is 0 Å². The number of hydrogen-bond acceptors (Lipinski definition) is 5. The van der Waals surface area contributed by atoms with Gasteiger partial charge in [0.15, 0.2) is 5.54 Å². The fourth-order valence-electron chi connectivity index (χ4n) is 1.64. The van der Waals surface area contributed by atoms with Crippen LogP contribution in [-0.2, 0) is 20.7 Å². The Hall–Kier alpha value is -2.12. The Kier molecular flexibility index (Phi) is 8.03. The molecule has 1 aromatic rings. The molecule has 0 aromatic heterocycles. The van der Waals surface area contributed by atoms with Gasteiger partial charge in [0.1, 0.15) is 5.75 Å². The zero-order valence-corrected chi connectivity index (χ0v) is 12.3. The number of aliphatic hydroxyl groups is 1. The van der Waals surface area contributed by atoms with Crippen molar-refractivity contribution in [3.8, 4) is 5.75 Å². The Labute approximate surface area is 123 Å². The summed E-state index contributed by atoms with van der Waals surface area (Å²) in [6, 6.07) is 5.88. The van der Waals surface area contributed by atoms with Crippen LogP contribution in [0.5, 0.6) is 5.75 Å². The van der Waals surface area contributed by atoms with Crippen molar-refractivity contribution in [2.24, 2.45) is 0 Å². The average Bonchev–Trinajstić information content (AvgIpc) is 2.40.